The Morgan fingerprint density at radius 1 is 1.06 bits per heavy atom. The number of carbonyl (C=O) groups excluding carboxylic acids is 2. The average Bonchev–Trinajstić information content (AvgIpc) is 2.90. The fraction of sp³-hybridized carbons (Fsp3) is 0.259. The predicted octanol–water partition coefficient (Wildman–Crippen LogP) is 3.68. The van der Waals surface area contributed by atoms with Crippen molar-refractivity contribution >= 4 is 17.5 Å². The topological polar surface area (TPSA) is 111 Å². The molecule has 2 amide bonds. The van der Waals surface area contributed by atoms with Crippen molar-refractivity contribution in [3.63, 3.8) is 0 Å². The van der Waals surface area contributed by atoms with Gasteiger partial charge in [0.2, 0.25) is 11.7 Å². The molecular weight excluding hydrogens is 462 g/mol. The van der Waals surface area contributed by atoms with Crippen molar-refractivity contribution in [3.05, 3.63) is 99.6 Å². The molecule has 1 atom stereocenters. The van der Waals surface area contributed by atoms with Crippen molar-refractivity contribution in [3.8, 4) is 11.5 Å². The molecule has 0 saturated carbocycles. The summed E-state index contributed by atoms with van der Waals surface area (Å²) >= 11 is 0. The third-order valence-electron chi connectivity index (χ3n) is 5.83. The lowest BCUT2D eigenvalue weighted by molar-refractivity contribution is -0.385. The van der Waals surface area contributed by atoms with E-state index in [0.717, 1.165) is 16.7 Å². The smallest absolute Gasteiger partial charge is 0.311 e. The summed E-state index contributed by atoms with van der Waals surface area (Å²) in [5, 5.41) is 13.8. The van der Waals surface area contributed by atoms with Crippen LogP contribution >= 0.6 is 0 Å². The van der Waals surface area contributed by atoms with E-state index in [-0.39, 0.29) is 36.2 Å². The number of nitrogens with one attached hydrogen (secondary N) is 1. The van der Waals surface area contributed by atoms with Gasteiger partial charge in [-0.05, 0) is 29.7 Å². The minimum absolute atomic E-state index is 0.0223. The van der Waals surface area contributed by atoms with Crippen molar-refractivity contribution in [2.45, 2.75) is 25.9 Å². The van der Waals surface area contributed by atoms with Crippen LogP contribution in [0.25, 0.3) is 0 Å². The first kappa shape index (κ1) is 26.2. The van der Waals surface area contributed by atoms with Crippen LogP contribution in [-0.4, -0.2) is 48.4 Å². The standard InChI is InChI=1S/C27H29N3O6/c1-19-9-7-8-12-21(19)17-29(24(27(32)28-2)15-20-10-5-4-6-11-20)26(31)18-36-22-13-14-23(30(33)34)25(16-22)35-3/h4-14,16,24H,15,17-18H2,1-3H3,(H,28,32)/t24-/m1/s1. The van der Waals surface area contributed by atoms with Gasteiger partial charge in [-0.25, -0.2) is 0 Å². The summed E-state index contributed by atoms with van der Waals surface area (Å²) in [5.74, 6) is -0.437. The Bertz CT molecular complexity index is 1220. The second-order valence-electron chi connectivity index (χ2n) is 8.15. The van der Waals surface area contributed by atoms with Gasteiger partial charge in [0, 0.05) is 32.1 Å². The number of methoxy groups -OCH3 is 1. The van der Waals surface area contributed by atoms with E-state index in [0.29, 0.717) is 6.42 Å². The number of nitro groups is 1. The van der Waals surface area contributed by atoms with Crippen LogP contribution in [0.5, 0.6) is 11.5 Å². The Kier molecular flexibility index (Phi) is 8.99. The molecule has 0 aromatic heterocycles. The van der Waals surface area contributed by atoms with Gasteiger partial charge in [-0.3, -0.25) is 19.7 Å². The van der Waals surface area contributed by atoms with Gasteiger partial charge in [-0.1, -0.05) is 54.6 Å². The Balaban J connectivity index is 1.89. The Morgan fingerprint density at radius 2 is 1.75 bits per heavy atom. The number of nitro benzene ring substituents is 1. The lowest BCUT2D eigenvalue weighted by Gasteiger charge is -2.31. The van der Waals surface area contributed by atoms with Crippen molar-refractivity contribution in [2.75, 3.05) is 20.8 Å². The van der Waals surface area contributed by atoms with Crippen LogP contribution in [0.4, 0.5) is 5.69 Å². The molecule has 0 aliphatic carbocycles. The van der Waals surface area contributed by atoms with Gasteiger partial charge in [-0.2, -0.15) is 0 Å². The molecule has 0 saturated heterocycles. The zero-order valence-corrected chi connectivity index (χ0v) is 20.5. The molecule has 36 heavy (non-hydrogen) atoms. The van der Waals surface area contributed by atoms with Crippen molar-refractivity contribution < 1.29 is 24.0 Å². The van der Waals surface area contributed by atoms with Gasteiger partial charge >= 0.3 is 5.69 Å². The molecular formula is C27H29N3O6. The van der Waals surface area contributed by atoms with Gasteiger partial charge in [0.1, 0.15) is 11.8 Å². The highest BCUT2D eigenvalue weighted by molar-refractivity contribution is 5.88. The van der Waals surface area contributed by atoms with Crippen LogP contribution < -0.4 is 14.8 Å². The maximum atomic E-state index is 13.5. The molecule has 3 rings (SSSR count). The largest absolute Gasteiger partial charge is 0.490 e. The molecule has 3 aromatic rings. The van der Waals surface area contributed by atoms with E-state index >= 15 is 0 Å². The lowest BCUT2D eigenvalue weighted by atomic mass is 10.0. The number of hydrogen-bond donors (Lipinski definition) is 1. The number of rotatable bonds is 11. The maximum absolute atomic E-state index is 13.5. The molecule has 9 heteroatoms. The normalized spacial score (nSPS) is 11.3. The molecule has 9 nitrogen and oxygen atoms in total. The first-order valence-corrected chi connectivity index (χ1v) is 11.4. The van der Waals surface area contributed by atoms with E-state index in [4.69, 9.17) is 9.47 Å². The zero-order valence-electron chi connectivity index (χ0n) is 20.5. The third kappa shape index (κ3) is 6.59. The molecule has 1 N–H and O–H groups in total. The van der Waals surface area contributed by atoms with E-state index < -0.39 is 16.9 Å². The molecule has 0 aliphatic rings. The molecule has 0 bridgehead atoms. The zero-order chi connectivity index (χ0) is 26.1. The number of likely N-dealkylation sites (N-methyl/N-ethyl adjacent to an activating group) is 1. The van der Waals surface area contributed by atoms with Gasteiger partial charge < -0.3 is 19.7 Å². The van der Waals surface area contributed by atoms with Crippen LogP contribution in [-0.2, 0) is 22.6 Å². The van der Waals surface area contributed by atoms with E-state index in [2.05, 4.69) is 5.32 Å². The second kappa shape index (κ2) is 12.3. The summed E-state index contributed by atoms with van der Waals surface area (Å²) in [6.45, 7) is 1.79. The van der Waals surface area contributed by atoms with Gasteiger partial charge in [0.25, 0.3) is 5.91 Å². The maximum Gasteiger partial charge on any atom is 0.311 e. The number of carbonyl (C=O) groups is 2. The van der Waals surface area contributed by atoms with Crippen LogP contribution in [0.2, 0.25) is 0 Å². The number of nitrogens with zero attached hydrogens (tertiary/aromatic N) is 2. The quantitative estimate of drug-likeness (QED) is 0.324. The van der Waals surface area contributed by atoms with E-state index in [1.54, 1.807) is 0 Å². The van der Waals surface area contributed by atoms with Crippen LogP contribution in [0.15, 0.2) is 72.8 Å². The molecule has 0 spiro atoms. The van der Waals surface area contributed by atoms with Crippen molar-refractivity contribution in [2.24, 2.45) is 0 Å². The minimum atomic E-state index is -0.778. The fourth-order valence-corrected chi connectivity index (χ4v) is 3.82. The Hall–Kier alpha value is -4.40. The number of amides is 2. The number of ether oxygens (including phenoxy) is 2. The van der Waals surface area contributed by atoms with E-state index in [9.17, 15) is 19.7 Å². The van der Waals surface area contributed by atoms with Crippen LogP contribution in [0.3, 0.4) is 0 Å². The van der Waals surface area contributed by atoms with E-state index in [1.165, 1.54) is 37.3 Å². The Morgan fingerprint density at radius 3 is 2.39 bits per heavy atom. The van der Waals surface area contributed by atoms with Gasteiger partial charge in [-0.15, -0.1) is 0 Å². The first-order valence-electron chi connectivity index (χ1n) is 11.4. The monoisotopic (exact) mass is 491 g/mol. The van der Waals surface area contributed by atoms with Gasteiger partial charge in [0.15, 0.2) is 6.61 Å². The van der Waals surface area contributed by atoms with Crippen molar-refractivity contribution in [1.29, 1.82) is 0 Å². The van der Waals surface area contributed by atoms with Crippen LogP contribution in [0, 0.1) is 17.0 Å². The number of hydrogen-bond acceptors (Lipinski definition) is 6. The summed E-state index contributed by atoms with van der Waals surface area (Å²) < 4.78 is 10.8. The highest BCUT2D eigenvalue weighted by atomic mass is 16.6. The predicted molar refractivity (Wildman–Crippen MR) is 135 cm³/mol. The summed E-state index contributed by atoms with van der Waals surface area (Å²) in [6, 6.07) is 20.4. The molecule has 0 radical (unpaired) electrons. The number of aryl methyl sites for hydroxylation is 1. The van der Waals surface area contributed by atoms with Crippen LogP contribution in [0.1, 0.15) is 16.7 Å². The molecule has 188 valence electrons. The fourth-order valence-electron chi connectivity index (χ4n) is 3.82. The van der Waals surface area contributed by atoms with E-state index in [1.807, 2.05) is 61.5 Å². The Labute approximate surface area is 209 Å². The SMILES string of the molecule is CNC(=O)[C@@H](Cc1ccccc1)N(Cc1ccccc1C)C(=O)COc1ccc([N+](=O)[O-])c(OC)c1. The molecule has 0 unspecified atom stereocenters. The minimum Gasteiger partial charge on any atom is -0.490 e. The highest BCUT2D eigenvalue weighted by Crippen LogP contribution is 2.30. The third-order valence-corrected chi connectivity index (χ3v) is 5.83. The second-order valence-corrected chi connectivity index (χ2v) is 8.15. The molecule has 0 aliphatic heterocycles. The van der Waals surface area contributed by atoms with Crippen molar-refractivity contribution in [1.82, 2.24) is 10.2 Å². The average molecular weight is 492 g/mol. The lowest BCUT2D eigenvalue weighted by Crippen LogP contribution is -2.51. The first-order chi connectivity index (χ1) is 17.3. The summed E-state index contributed by atoms with van der Waals surface area (Å²) in [7, 11) is 2.86. The van der Waals surface area contributed by atoms with Gasteiger partial charge in [0.05, 0.1) is 12.0 Å². The molecule has 0 heterocycles. The number of benzene rings is 3. The summed E-state index contributed by atoms with van der Waals surface area (Å²) in [6.07, 6.45) is 0.323. The molecule has 0 fully saturated rings. The highest BCUT2D eigenvalue weighted by Gasteiger charge is 2.30. The summed E-state index contributed by atoms with van der Waals surface area (Å²) in [5.41, 5.74) is 2.60. The molecule has 3 aromatic carbocycles. The summed E-state index contributed by atoms with van der Waals surface area (Å²) in [4.78, 5) is 38.6.